The average Bonchev–Trinajstić information content (AvgIpc) is 2.15. The topological polar surface area (TPSA) is 190 Å². The molecule has 18 heavy (non-hydrogen) atoms. The largest absolute Gasteiger partial charge is 0.481 e. The zero-order valence-corrected chi connectivity index (χ0v) is 8.94. The van der Waals surface area contributed by atoms with Crippen molar-refractivity contribution in [3.05, 3.63) is 0 Å². The minimum Gasteiger partial charge on any atom is -0.481 e. The van der Waals surface area contributed by atoms with Crippen LogP contribution >= 0.6 is 0 Å². The van der Waals surface area contributed by atoms with Gasteiger partial charge in [0.1, 0.15) is 6.61 Å². The summed E-state index contributed by atoms with van der Waals surface area (Å²) in [4.78, 5) is 39.6. The number of aliphatic hydroxyl groups excluding tert-OH is 1. The van der Waals surface area contributed by atoms with Gasteiger partial charge in [0.2, 0.25) is 0 Å². The first-order valence-corrected chi connectivity index (χ1v) is 4.27. The zero-order chi connectivity index (χ0) is 14.9. The van der Waals surface area contributed by atoms with Crippen LogP contribution in [-0.2, 0) is 19.2 Å². The second-order valence-corrected chi connectivity index (χ2v) is 3.03. The highest BCUT2D eigenvalue weighted by atomic mass is 16.4. The Hall–Kier alpha value is -2.20. The number of rotatable bonds is 6. The lowest BCUT2D eigenvalue weighted by Crippen LogP contribution is -2.42. The molecule has 0 fully saturated rings. The van der Waals surface area contributed by atoms with E-state index in [1.807, 2.05) is 0 Å². The molecule has 0 amide bonds. The van der Waals surface area contributed by atoms with E-state index in [1.165, 1.54) is 0 Å². The first-order valence-electron chi connectivity index (χ1n) is 4.27. The molecule has 0 aromatic rings. The molecule has 0 radical (unpaired) electrons. The second-order valence-electron chi connectivity index (χ2n) is 3.03. The van der Waals surface area contributed by atoms with E-state index >= 15 is 0 Å². The van der Waals surface area contributed by atoms with E-state index in [-0.39, 0.29) is 0 Å². The maximum Gasteiger partial charge on any atom is 0.336 e. The Labute approximate surface area is 99.7 Å². The first kappa shape index (κ1) is 18.2. The molecule has 0 aromatic carbocycles. The van der Waals surface area contributed by atoms with E-state index in [0.717, 1.165) is 0 Å². The second kappa shape index (κ2) is 7.97. The van der Waals surface area contributed by atoms with Crippen molar-refractivity contribution in [1.82, 2.24) is 0 Å². The third-order valence-corrected chi connectivity index (χ3v) is 1.42. The van der Waals surface area contributed by atoms with Crippen LogP contribution in [0.2, 0.25) is 0 Å². The summed E-state index contributed by atoms with van der Waals surface area (Å²) in [5, 5.41) is 48.8. The van der Waals surface area contributed by atoms with Crippen LogP contribution in [0.15, 0.2) is 0 Å². The van der Waals surface area contributed by atoms with E-state index < -0.39 is 48.9 Å². The summed E-state index contributed by atoms with van der Waals surface area (Å²) in [5.74, 6) is -6.21. The minimum absolute atomic E-state index is 0.778. The summed E-state index contributed by atoms with van der Waals surface area (Å²) in [6, 6.07) is 0. The van der Waals surface area contributed by atoms with Crippen molar-refractivity contribution >= 4 is 23.9 Å². The van der Waals surface area contributed by atoms with Crippen molar-refractivity contribution in [2.75, 3.05) is 6.61 Å². The molecule has 0 saturated carbocycles. The van der Waals surface area contributed by atoms with Crippen molar-refractivity contribution < 1.29 is 49.8 Å². The van der Waals surface area contributed by atoms with Crippen LogP contribution in [0.1, 0.15) is 12.8 Å². The van der Waals surface area contributed by atoms with Gasteiger partial charge in [0.25, 0.3) is 0 Å². The molecule has 0 aliphatic heterocycles. The van der Waals surface area contributed by atoms with E-state index in [9.17, 15) is 14.4 Å². The maximum atomic E-state index is 10.3. The summed E-state index contributed by atoms with van der Waals surface area (Å²) in [6.07, 6.45) is -2.29. The predicted molar refractivity (Wildman–Crippen MR) is 51.8 cm³/mol. The van der Waals surface area contributed by atoms with Crippen LogP contribution in [-0.4, -0.2) is 66.7 Å². The Morgan fingerprint density at radius 1 is 0.778 bits per heavy atom. The van der Waals surface area contributed by atoms with Gasteiger partial charge in [-0.3, -0.25) is 9.59 Å². The van der Waals surface area contributed by atoms with Crippen LogP contribution in [0.25, 0.3) is 0 Å². The van der Waals surface area contributed by atoms with Gasteiger partial charge in [-0.2, -0.15) is 0 Å². The molecule has 0 spiro atoms. The number of hydrogen-bond acceptors (Lipinski definition) is 6. The molecule has 0 aliphatic rings. The molecular weight excluding hydrogens is 256 g/mol. The minimum atomic E-state index is -2.74. The number of aliphatic hydroxyl groups is 2. The third-order valence-electron chi connectivity index (χ3n) is 1.42. The van der Waals surface area contributed by atoms with Crippen molar-refractivity contribution in [2.24, 2.45) is 0 Å². The van der Waals surface area contributed by atoms with Crippen LogP contribution in [0.4, 0.5) is 0 Å². The molecular formula is C8H12O10. The molecule has 0 rings (SSSR count). The van der Waals surface area contributed by atoms with Crippen LogP contribution in [0.5, 0.6) is 0 Å². The number of carbonyl (C=O) groups is 4. The van der Waals surface area contributed by atoms with Gasteiger partial charge in [0, 0.05) is 0 Å². The van der Waals surface area contributed by atoms with Gasteiger partial charge >= 0.3 is 23.9 Å². The predicted octanol–water partition coefficient (Wildman–Crippen LogP) is -2.19. The Kier molecular flexibility index (Phi) is 8.05. The van der Waals surface area contributed by atoms with Crippen LogP contribution < -0.4 is 0 Å². The first-order chi connectivity index (χ1) is 8.05. The molecule has 0 saturated heterocycles. The molecule has 0 atom stereocenters. The number of carboxylic acids is 4. The normalized spacial score (nSPS) is 9.89. The molecule has 10 nitrogen and oxygen atoms in total. The fourth-order valence-corrected chi connectivity index (χ4v) is 0.714. The quantitative estimate of drug-likeness (QED) is 0.308. The monoisotopic (exact) mass is 268 g/mol. The van der Waals surface area contributed by atoms with Crippen molar-refractivity contribution in [3.63, 3.8) is 0 Å². The number of carboxylic acid groups (broad SMARTS) is 4. The lowest BCUT2D eigenvalue weighted by atomic mass is 9.96. The summed E-state index contributed by atoms with van der Waals surface area (Å²) in [6.45, 7) is -0.778. The molecule has 0 heterocycles. The van der Waals surface area contributed by atoms with Gasteiger partial charge in [-0.1, -0.05) is 0 Å². The average molecular weight is 268 g/mol. The fourth-order valence-electron chi connectivity index (χ4n) is 0.714. The van der Waals surface area contributed by atoms with Crippen molar-refractivity contribution in [3.8, 4) is 0 Å². The summed E-state index contributed by atoms with van der Waals surface area (Å²) < 4.78 is 0. The fraction of sp³-hybridized carbons (Fsp3) is 0.500. The zero-order valence-electron chi connectivity index (χ0n) is 8.94. The highest BCUT2D eigenvalue weighted by Gasteiger charge is 2.40. The van der Waals surface area contributed by atoms with E-state index in [4.69, 9.17) is 35.4 Å². The van der Waals surface area contributed by atoms with Gasteiger partial charge in [-0.15, -0.1) is 0 Å². The van der Waals surface area contributed by atoms with E-state index in [1.54, 1.807) is 0 Å². The molecule has 0 aromatic heterocycles. The SMILES string of the molecule is O=C(O)CC(O)(CC(=O)O)C(=O)O.O=C(O)CO. The summed E-state index contributed by atoms with van der Waals surface area (Å²) >= 11 is 0. The molecule has 0 aliphatic carbocycles. The van der Waals surface area contributed by atoms with Crippen molar-refractivity contribution in [2.45, 2.75) is 18.4 Å². The van der Waals surface area contributed by atoms with Gasteiger partial charge in [-0.05, 0) is 0 Å². The van der Waals surface area contributed by atoms with Crippen molar-refractivity contribution in [1.29, 1.82) is 0 Å². The highest BCUT2D eigenvalue weighted by molar-refractivity contribution is 5.88. The molecule has 10 heteroatoms. The highest BCUT2D eigenvalue weighted by Crippen LogP contribution is 2.15. The Morgan fingerprint density at radius 3 is 1.17 bits per heavy atom. The third kappa shape index (κ3) is 9.06. The number of aliphatic carboxylic acids is 4. The molecule has 0 unspecified atom stereocenters. The van der Waals surface area contributed by atoms with Gasteiger partial charge in [0.05, 0.1) is 12.8 Å². The smallest absolute Gasteiger partial charge is 0.336 e. The Morgan fingerprint density at radius 2 is 1.06 bits per heavy atom. The molecule has 104 valence electrons. The standard InChI is InChI=1S/C6H8O7.C2H4O3/c7-3(8)1-6(13,5(11)12)2-4(9)10;3-1-2(4)5/h13H,1-2H2,(H,7,8)(H,9,10)(H,11,12);3H,1H2,(H,4,5). The van der Waals surface area contributed by atoms with Crippen LogP contribution in [0, 0.1) is 0 Å². The summed E-state index contributed by atoms with van der Waals surface area (Å²) in [7, 11) is 0. The maximum absolute atomic E-state index is 10.3. The van der Waals surface area contributed by atoms with Gasteiger partial charge in [0.15, 0.2) is 5.60 Å². The molecule has 6 N–H and O–H groups in total. The lowest BCUT2D eigenvalue weighted by Gasteiger charge is -2.18. The van der Waals surface area contributed by atoms with Gasteiger partial charge < -0.3 is 30.6 Å². The van der Waals surface area contributed by atoms with Gasteiger partial charge in [-0.25, -0.2) is 9.59 Å². The van der Waals surface area contributed by atoms with E-state index in [2.05, 4.69) is 0 Å². The van der Waals surface area contributed by atoms with E-state index in [0.29, 0.717) is 0 Å². The molecule has 0 bridgehead atoms. The Balaban J connectivity index is 0. The number of hydrogen-bond donors (Lipinski definition) is 6. The lowest BCUT2D eigenvalue weighted by molar-refractivity contribution is -0.170. The summed E-state index contributed by atoms with van der Waals surface area (Å²) in [5.41, 5.74) is -2.74. The van der Waals surface area contributed by atoms with Crippen LogP contribution in [0.3, 0.4) is 0 Å². The Bertz CT molecular complexity index is 317.